The van der Waals surface area contributed by atoms with E-state index >= 15 is 0 Å². The molecule has 2 atom stereocenters. The zero-order valence-electron chi connectivity index (χ0n) is 10.9. The molecule has 1 unspecified atom stereocenters. The van der Waals surface area contributed by atoms with E-state index < -0.39 is 21.4 Å². The second-order valence-corrected chi connectivity index (χ2v) is 7.82. The van der Waals surface area contributed by atoms with Gasteiger partial charge in [0.1, 0.15) is 0 Å². The van der Waals surface area contributed by atoms with Crippen LogP contribution in [0.3, 0.4) is 0 Å². The van der Waals surface area contributed by atoms with Crippen molar-refractivity contribution >= 4 is 26.2 Å². The van der Waals surface area contributed by atoms with Crippen molar-refractivity contribution in [2.24, 2.45) is 5.73 Å². The molecular formula is C12H21AsN4O. The molecule has 6 heteroatoms. The molecule has 1 aliphatic rings. The minimum atomic E-state index is -0.616. The summed E-state index contributed by atoms with van der Waals surface area (Å²) in [4.78, 5) is 11.1. The number of nitrogens with zero attached hydrogens (tertiary/aromatic N) is 3. The first-order chi connectivity index (χ1) is 8.44. The number of aliphatic hydroxyl groups is 1. The Labute approximate surface area is 114 Å². The van der Waals surface area contributed by atoms with Crippen LogP contribution in [0.1, 0.15) is 20.3 Å². The van der Waals surface area contributed by atoms with E-state index in [0.717, 1.165) is 35.1 Å². The second kappa shape index (κ2) is 5.55. The molecule has 0 saturated carbocycles. The van der Waals surface area contributed by atoms with Crippen LogP contribution in [-0.2, 0) is 0 Å². The summed E-state index contributed by atoms with van der Waals surface area (Å²) >= 11 is -0.477. The Morgan fingerprint density at radius 1 is 1.61 bits per heavy atom. The van der Waals surface area contributed by atoms with E-state index in [9.17, 15) is 5.11 Å². The van der Waals surface area contributed by atoms with Gasteiger partial charge in [-0.15, -0.1) is 0 Å². The molecule has 1 saturated heterocycles. The minimum absolute atomic E-state index is 0.260. The van der Waals surface area contributed by atoms with Crippen molar-refractivity contribution < 1.29 is 5.11 Å². The van der Waals surface area contributed by atoms with Gasteiger partial charge < -0.3 is 0 Å². The van der Waals surface area contributed by atoms with E-state index in [-0.39, 0.29) is 6.04 Å². The van der Waals surface area contributed by atoms with Crippen molar-refractivity contribution in [3.05, 3.63) is 12.3 Å². The summed E-state index contributed by atoms with van der Waals surface area (Å²) in [6.07, 6.45) is 2.84. The van der Waals surface area contributed by atoms with Crippen molar-refractivity contribution in [2.45, 2.75) is 37.1 Å². The van der Waals surface area contributed by atoms with E-state index in [1.54, 1.807) is 0 Å². The van der Waals surface area contributed by atoms with Gasteiger partial charge in [-0.3, -0.25) is 0 Å². The zero-order valence-corrected chi connectivity index (χ0v) is 13.0. The molecule has 100 valence electrons. The van der Waals surface area contributed by atoms with E-state index in [4.69, 9.17) is 5.73 Å². The van der Waals surface area contributed by atoms with Crippen molar-refractivity contribution in [2.75, 3.05) is 18.0 Å². The van der Waals surface area contributed by atoms with Gasteiger partial charge in [0.25, 0.3) is 0 Å². The van der Waals surface area contributed by atoms with Gasteiger partial charge in [0.05, 0.1) is 0 Å². The van der Waals surface area contributed by atoms with E-state index in [1.165, 1.54) is 0 Å². The van der Waals surface area contributed by atoms with Gasteiger partial charge in [-0.25, -0.2) is 0 Å². The summed E-state index contributed by atoms with van der Waals surface area (Å²) in [5, 5.41) is 10.5. The predicted octanol–water partition coefficient (Wildman–Crippen LogP) is -0.735. The van der Waals surface area contributed by atoms with Crippen LogP contribution in [0.4, 0.5) is 5.82 Å². The number of anilines is 1. The summed E-state index contributed by atoms with van der Waals surface area (Å²) in [5.74, 6) is 0.979. The molecule has 2 heterocycles. The number of rotatable bonds is 4. The molecule has 0 spiro atoms. The van der Waals surface area contributed by atoms with Crippen molar-refractivity contribution in [3.8, 4) is 0 Å². The average molecular weight is 312 g/mol. The first kappa shape index (κ1) is 13.8. The normalized spacial score (nSPS) is 21.1. The maximum atomic E-state index is 9.74. The SMILES string of the molecule is CC(C)(O)C[AsH]c1nccc(N2CC[C@@H](N)C2)n1. The van der Waals surface area contributed by atoms with Crippen LogP contribution < -0.4 is 15.2 Å². The molecule has 2 rings (SSSR count). The van der Waals surface area contributed by atoms with Crippen molar-refractivity contribution in [3.63, 3.8) is 0 Å². The quantitative estimate of drug-likeness (QED) is 0.717. The molecule has 1 aromatic rings. The van der Waals surface area contributed by atoms with Crippen molar-refractivity contribution in [1.82, 2.24) is 9.97 Å². The van der Waals surface area contributed by atoms with Gasteiger partial charge >= 0.3 is 114 Å². The predicted molar refractivity (Wildman–Crippen MR) is 74.7 cm³/mol. The number of hydrogen-bond donors (Lipinski definition) is 2. The molecule has 0 radical (unpaired) electrons. The molecule has 1 aromatic heterocycles. The molecule has 1 fully saturated rings. The molecule has 3 N–H and O–H groups in total. The van der Waals surface area contributed by atoms with E-state index in [0.29, 0.717) is 0 Å². The van der Waals surface area contributed by atoms with Crippen LogP contribution in [0.5, 0.6) is 0 Å². The molecule has 1 aliphatic heterocycles. The third kappa shape index (κ3) is 3.94. The Morgan fingerprint density at radius 2 is 2.39 bits per heavy atom. The first-order valence-electron chi connectivity index (χ1n) is 6.24. The number of hydrogen-bond acceptors (Lipinski definition) is 5. The van der Waals surface area contributed by atoms with Crippen LogP contribution in [0.25, 0.3) is 0 Å². The standard InChI is InChI=1S/C12H21AsN4O/c1-12(2,18)8-13-11-15-5-3-10(16-11)17-6-4-9(14)7-17/h3,5,9,13,18H,4,6-8,14H2,1-2H3/t9-/m1/s1. The third-order valence-corrected chi connectivity index (χ3v) is 6.22. The first-order valence-corrected chi connectivity index (χ1v) is 8.77. The van der Waals surface area contributed by atoms with Crippen LogP contribution in [0.2, 0.25) is 5.21 Å². The molecule has 0 bridgehead atoms. The summed E-state index contributed by atoms with van der Waals surface area (Å²) in [6.45, 7) is 5.52. The Bertz CT molecular complexity index is 407. The fourth-order valence-corrected chi connectivity index (χ4v) is 3.89. The molecule has 0 aromatic carbocycles. The number of aromatic nitrogens is 2. The second-order valence-electron chi connectivity index (χ2n) is 5.40. The van der Waals surface area contributed by atoms with Gasteiger partial charge in [0.2, 0.25) is 0 Å². The monoisotopic (exact) mass is 312 g/mol. The van der Waals surface area contributed by atoms with Gasteiger partial charge in [-0.1, -0.05) is 0 Å². The molecule has 18 heavy (non-hydrogen) atoms. The third-order valence-electron chi connectivity index (χ3n) is 2.87. The van der Waals surface area contributed by atoms with Crippen LogP contribution in [-0.4, -0.2) is 55.6 Å². The van der Waals surface area contributed by atoms with Gasteiger partial charge in [0.15, 0.2) is 0 Å². The topological polar surface area (TPSA) is 75.3 Å². The summed E-state index contributed by atoms with van der Waals surface area (Å²) in [5.41, 5.74) is 5.29. The zero-order chi connectivity index (χ0) is 13.2. The van der Waals surface area contributed by atoms with Crippen LogP contribution >= 0.6 is 0 Å². The maximum absolute atomic E-state index is 9.74. The van der Waals surface area contributed by atoms with E-state index in [1.807, 2.05) is 26.1 Å². The molecule has 0 amide bonds. The van der Waals surface area contributed by atoms with Crippen molar-refractivity contribution in [1.29, 1.82) is 0 Å². The Hall–Kier alpha value is -0.642. The van der Waals surface area contributed by atoms with Gasteiger partial charge in [0, 0.05) is 0 Å². The summed E-state index contributed by atoms with van der Waals surface area (Å²) in [7, 11) is 0. The van der Waals surface area contributed by atoms with E-state index in [2.05, 4.69) is 14.9 Å². The summed E-state index contributed by atoms with van der Waals surface area (Å²) in [6, 6.07) is 2.20. The Kier molecular flexibility index (Phi) is 4.25. The van der Waals surface area contributed by atoms with Crippen LogP contribution in [0, 0.1) is 0 Å². The Balaban J connectivity index is 2.01. The average Bonchev–Trinajstić information content (AvgIpc) is 2.73. The molecule has 0 aliphatic carbocycles. The summed E-state index contributed by atoms with van der Waals surface area (Å²) < 4.78 is 0.912. The van der Waals surface area contributed by atoms with Crippen LogP contribution in [0.15, 0.2) is 12.3 Å². The Morgan fingerprint density at radius 3 is 3.00 bits per heavy atom. The van der Waals surface area contributed by atoms with Gasteiger partial charge in [-0.2, -0.15) is 0 Å². The van der Waals surface area contributed by atoms with Gasteiger partial charge in [-0.05, 0) is 0 Å². The number of nitrogens with two attached hydrogens (primary N) is 1. The molecule has 5 nitrogen and oxygen atoms in total. The fraction of sp³-hybridized carbons (Fsp3) is 0.667. The molecular weight excluding hydrogens is 291 g/mol. The fourth-order valence-electron chi connectivity index (χ4n) is 1.90.